The van der Waals surface area contributed by atoms with E-state index < -0.39 is 0 Å². The number of nitrogens with one attached hydrogen (secondary N) is 1. The number of ether oxygens (including phenoxy) is 1. The largest absolute Gasteiger partial charge is 0.379 e. The number of nitrogens with two attached hydrogens (primary N) is 1. The first-order valence-electron chi connectivity index (χ1n) is 13.9. The van der Waals surface area contributed by atoms with Crippen molar-refractivity contribution >= 4 is 17.5 Å². The summed E-state index contributed by atoms with van der Waals surface area (Å²) in [6.07, 6.45) is 6.96. The maximum atomic E-state index is 12.7. The van der Waals surface area contributed by atoms with Gasteiger partial charge in [-0.25, -0.2) is 4.98 Å². The number of nitrogens with zero attached hydrogens (tertiary/aromatic N) is 4. The van der Waals surface area contributed by atoms with Crippen LogP contribution in [0.15, 0.2) is 23.0 Å². The molecule has 0 unspecified atom stereocenters. The van der Waals surface area contributed by atoms with Gasteiger partial charge in [0.25, 0.3) is 5.56 Å². The summed E-state index contributed by atoms with van der Waals surface area (Å²) in [5, 5.41) is 0. The third kappa shape index (κ3) is 4.75. The number of aromatic amines is 1. The fraction of sp³-hybridized carbons (Fsp3) is 0.607. The number of rotatable bonds is 6. The van der Waals surface area contributed by atoms with E-state index in [1.165, 1.54) is 5.56 Å². The Morgan fingerprint density at radius 2 is 1.86 bits per heavy atom. The second-order valence-corrected chi connectivity index (χ2v) is 11.1. The van der Waals surface area contributed by atoms with E-state index in [-0.39, 0.29) is 16.9 Å². The monoisotopic (exact) mass is 506 g/mol. The summed E-state index contributed by atoms with van der Waals surface area (Å²) >= 11 is 0. The zero-order chi connectivity index (χ0) is 25.4. The van der Waals surface area contributed by atoms with Crippen molar-refractivity contribution in [1.82, 2.24) is 14.9 Å². The number of aryl methyl sites for hydroxylation is 1. The van der Waals surface area contributed by atoms with Crippen molar-refractivity contribution in [2.45, 2.75) is 50.4 Å². The van der Waals surface area contributed by atoms with Crippen LogP contribution in [-0.4, -0.2) is 79.8 Å². The molecule has 2 fully saturated rings. The topological polar surface area (TPSA) is 108 Å². The molecule has 198 valence electrons. The van der Waals surface area contributed by atoms with Crippen LogP contribution in [0.25, 0.3) is 0 Å². The zero-order valence-corrected chi connectivity index (χ0v) is 21.6. The van der Waals surface area contributed by atoms with Crippen molar-refractivity contribution in [3.8, 4) is 0 Å². The summed E-state index contributed by atoms with van der Waals surface area (Å²) in [5.41, 5.74) is 10.6. The summed E-state index contributed by atoms with van der Waals surface area (Å²) in [6.45, 7) is 8.30. The van der Waals surface area contributed by atoms with Crippen LogP contribution in [0.5, 0.6) is 0 Å². The van der Waals surface area contributed by atoms with Gasteiger partial charge >= 0.3 is 0 Å². The lowest BCUT2D eigenvalue weighted by atomic mass is 9.74. The van der Waals surface area contributed by atoms with Crippen molar-refractivity contribution in [1.29, 1.82) is 0 Å². The predicted molar refractivity (Wildman–Crippen MR) is 144 cm³/mol. The van der Waals surface area contributed by atoms with E-state index in [0.29, 0.717) is 5.56 Å². The van der Waals surface area contributed by atoms with E-state index in [1.807, 2.05) is 12.1 Å². The number of amides is 1. The molecule has 3 aliphatic heterocycles. The van der Waals surface area contributed by atoms with Gasteiger partial charge in [-0.05, 0) is 62.6 Å². The molecule has 4 heterocycles. The Morgan fingerprint density at radius 3 is 2.65 bits per heavy atom. The highest BCUT2D eigenvalue weighted by Gasteiger charge is 2.45. The Balaban J connectivity index is 1.19. The number of morpholine rings is 1. The third-order valence-corrected chi connectivity index (χ3v) is 8.89. The Hall–Kier alpha value is -2.91. The van der Waals surface area contributed by atoms with Gasteiger partial charge in [-0.1, -0.05) is 6.07 Å². The van der Waals surface area contributed by atoms with Crippen molar-refractivity contribution in [2.75, 3.05) is 68.8 Å². The molecule has 3 N–H and O–H groups in total. The molecule has 1 aromatic heterocycles. The van der Waals surface area contributed by atoms with E-state index in [1.54, 1.807) is 0 Å². The average Bonchev–Trinajstić information content (AvgIpc) is 3.22. The van der Waals surface area contributed by atoms with Gasteiger partial charge < -0.3 is 20.3 Å². The van der Waals surface area contributed by atoms with Crippen LogP contribution in [0.3, 0.4) is 0 Å². The maximum Gasteiger partial charge on any atom is 0.255 e. The number of piperidine rings is 1. The van der Waals surface area contributed by atoms with Gasteiger partial charge in [-0.3, -0.25) is 19.5 Å². The molecular weight excluding hydrogens is 468 g/mol. The van der Waals surface area contributed by atoms with Crippen LogP contribution in [0, 0.1) is 0 Å². The molecule has 2 saturated heterocycles. The van der Waals surface area contributed by atoms with Crippen LogP contribution in [0.1, 0.15) is 59.3 Å². The fourth-order valence-electron chi connectivity index (χ4n) is 6.75. The van der Waals surface area contributed by atoms with Gasteiger partial charge in [-0.2, -0.15) is 0 Å². The molecule has 0 atom stereocenters. The van der Waals surface area contributed by atoms with Crippen LogP contribution >= 0.6 is 0 Å². The molecule has 6 rings (SSSR count). The molecule has 0 bridgehead atoms. The number of anilines is 2. The van der Waals surface area contributed by atoms with Crippen molar-refractivity contribution in [2.24, 2.45) is 5.73 Å². The van der Waals surface area contributed by atoms with Gasteiger partial charge in [0, 0.05) is 68.0 Å². The third-order valence-electron chi connectivity index (χ3n) is 8.89. The van der Waals surface area contributed by atoms with Gasteiger partial charge in [-0.15, -0.1) is 0 Å². The van der Waals surface area contributed by atoms with Crippen LogP contribution < -0.4 is 21.1 Å². The highest BCUT2D eigenvalue weighted by Crippen LogP contribution is 2.47. The summed E-state index contributed by atoms with van der Waals surface area (Å²) in [7, 11) is 0. The van der Waals surface area contributed by atoms with Gasteiger partial charge in [0.2, 0.25) is 11.9 Å². The van der Waals surface area contributed by atoms with Crippen LogP contribution in [-0.2, 0) is 23.0 Å². The minimum absolute atomic E-state index is 0.0372. The fourth-order valence-corrected chi connectivity index (χ4v) is 6.75. The summed E-state index contributed by atoms with van der Waals surface area (Å²) in [5.74, 6) is 0.347. The first kappa shape index (κ1) is 24.4. The Bertz CT molecular complexity index is 1210. The number of fused-ring (bicyclic) bond motifs is 3. The quantitative estimate of drug-likeness (QED) is 0.615. The Morgan fingerprint density at radius 1 is 1.08 bits per heavy atom. The second-order valence-electron chi connectivity index (χ2n) is 11.1. The molecule has 0 radical (unpaired) electrons. The molecule has 1 spiro atoms. The van der Waals surface area contributed by atoms with E-state index in [2.05, 4.69) is 25.8 Å². The van der Waals surface area contributed by atoms with Crippen LogP contribution in [0.2, 0.25) is 0 Å². The molecule has 1 amide bonds. The first-order valence-corrected chi connectivity index (χ1v) is 13.9. The van der Waals surface area contributed by atoms with E-state index in [9.17, 15) is 9.59 Å². The number of carbonyl (C=O) groups excluding carboxylic acids is 1. The summed E-state index contributed by atoms with van der Waals surface area (Å²) in [4.78, 5) is 39.8. The SMILES string of the molecule is NC(=O)c1ccc2c(c1)N(CCCN1CCOCC1)CC21CCN(c2nc3c(c(=O)[nH]2)CCCC3)CC1. The molecule has 1 aromatic carbocycles. The van der Waals surface area contributed by atoms with Gasteiger partial charge in [0.1, 0.15) is 0 Å². The average molecular weight is 507 g/mol. The number of carbonyl (C=O) groups is 1. The molecule has 9 heteroatoms. The van der Waals surface area contributed by atoms with E-state index >= 15 is 0 Å². The first-order chi connectivity index (χ1) is 18.0. The Labute approximate surface area is 218 Å². The zero-order valence-electron chi connectivity index (χ0n) is 21.6. The molecule has 0 saturated carbocycles. The summed E-state index contributed by atoms with van der Waals surface area (Å²) in [6, 6.07) is 6.01. The second kappa shape index (κ2) is 10.1. The van der Waals surface area contributed by atoms with Gasteiger partial charge in [0.05, 0.1) is 18.9 Å². The number of primary amides is 1. The Kier molecular flexibility index (Phi) is 6.67. The van der Waals surface area contributed by atoms with Crippen LogP contribution in [0.4, 0.5) is 11.6 Å². The molecule has 37 heavy (non-hydrogen) atoms. The standard InChI is InChI=1S/C28H38N6O3/c29-25(35)20-6-7-22-24(18-20)34(11-3-10-32-14-16-37-17-15-32)19-28(22)8-12-33(13-9-28)27-30-23-5-2-1-4-21(23)26(36)31-27/h6-7,18H,1-5,8-17,19H2,(H2,29,35)(H,30,31,36). The lowest BCUT2D eigenvalue weighted by Crippen LogP contribution is -2.46. The molecule has 9 nitrogen and oxygen atoms in total. The predicted octanol–water partition coefficient (Wildman–Crippen LogP) is 1.83. The van der Waals surface area contributed by atoms with E-state index in [4.69, 9.17) is 15.5 Å². The maximum absolute atomic E-state index is 12.7. The number of hydrogen-bond donors (Lipinski definition) is 2. The van der Waals surface area contributed by atoms with Gasteiger partial charge in [0.15, 0.2) is 0 Å². The van der Waals surface area contributed by atoms with Crippen molar-refractivity contribution < 1.29 is 9.53 Å². The van der Waals surface area contributed by atoms with Crippen molar-refractivity contribution in [3.63, 3.8) is 0 Å². The smallest absolute Gasteiger partial charge is 0.255 e. The number of aromatic nitrogens is 2. The highest BCUT2D eigenvalue weighted by atomic mass is 16.5. The lowest BCUT2D eigenvalue weighted by Gasteiger charge is -2.40. The lowest BCUT2D eigenvalue weighted by molar-refractivity contribution is 0.0376. The molecule has 1 aliphatic carbocycles. The van der Waals surface area contributed by atoms with E-state index in [0.717, 1.165) is 127 Å². The number of benzene rings is 1. The molecular formula is C28H38N6O3. The number of hydrogen-bond acceptors (Lipinski definition) is 7. The minimum Gasteiger partial charge on any atom is -0.379 e. The summed E-state index contributed by atoms with van der Waals surface area (Å²) < 4.78 is 5.49. The highest BCUT2D eigenvalue weighted by molar-refractivity contribution is 5.94. The molecule has 4 aliphatic rings. The van der Waals surface area contributed by atoms with Crippen molar-refractivity contribution in [3.05, 3.63) is 50.9 Å². The molecule has 2 aromatic rings. The number of H-pyrrole nitrogens is 1. The minimum atomic E-state index is -0.380. The normalized spacial score (nSPS) is 21.2.